The highest BCUT2D eigenvalue weighted by Crippen LogP contribution is 2.60. The Morgan fingerprint density at radius 2 is 1.05 bits per heavy atom. The maximum absolute atomic E-state index is 10.2. The van der Waals surface area contributed by atoms with Crippen molar-refractivity contribution < 1.29 is 0 Å². The Bertz CT molecular complexity index is 2530. The highest BCUT2D eigenvalue weighted by atomic mass is 15.0. The van der Waals surface area contributed by atoms with Crippen molar-refractivity contribution in [2.45, 2.75) is 56.8 Å². The number of nitriles is 1. The van der Waals surface area contributed by atoms with Crippen molar-refractivity contribution in [3.05, 3.63) is 185 Å². The summed E-state index contributed by atoms with van der Waals surface area (Å²) in [7, 11) is 0. The molecule has 2 fully saturated rings. The Balaban J connectivity index is 1.25. The average Bonchev–Trinajstić information content (AvgIpc) is 3.54. The van der Waals surface area contributed by atoms with Crippen molar-refractivity contribution in [2.24, 2.45) is 17.8 Å². The van der Waals surface area contributed by atoms with Crippen LogP contribution in [0.25, 0.3) is 45.3 Å². The van der Waals surface area contributed by atoms with Gasteiger partial charge >= 0.3 is 0 Å². The molecule has 3 aliphatic rings. The molecule has 0 amide bonds. The second-order valence-electron chi connectivity index (χ2n) is 16.8. The lowest BCUT2D eigenvalue weighted by Gasteiger charge is -2.50. The summed E-state index contributed by atoms with van der Waals surface area (Å²) < 4.78 is 0. The molecule has 10 rings (SSSR count). The summed E-state index contributed by atoms with van der Waals surface area (Å²) in [6.45, 7) is 4.93. The molecule has 4 heteroatoms. The smallest absolute Gasteiger partial charge is 0.164 e. The van der Waals surface area contributed by atoms with E-state index in [1.54, 1.807) is 0 Å². The molecule has 4 nitrogen and oxygen atoms in total. The van der Waals surface area contributed by atoms with E-state index in [1.165, 1.54) is 48.8 Å². The van der Waals surface area contributed by atoms with Crippen molar-refractivity contribution in [3.8, 4) is 51.4 Å². The zero-order valence-corrected chi connectivity index (χ0v) is 32.0. The highest BCUT2D eigenvalue weighted by molar-refractivity contribution is 5.92. The molecule has 0 saturated heterocycles. The number of aromatic nitrogens is 3. The Morgan fingerprint density at radius 3 is 1.66 bits per heavy atom. The molecule has 5 atom stereocenters. The van der Waals surface area contributed by atoms with Crippen LogP contribution in [0.1, 0.15) is 79.3 Å². The number of nitrogens with zero attached hydrogens (tertiary/aromatic N) is 4. The molecule has 3 aliphatic carbocycles. The van der Waals surface area contributed by atoms with Crippen molar-refractivity contribution in [2.75, 3.05) is 0 Å². The first-order valence-electron chi connectivity index (χ1n) is 20.2. The summed E-state index contributed by atoms with van der Waals surface area (Å²) in [5, 5.41) is 10.2. The van der Waals surface area contributed by atoms with Crippen LogP contribution in [0.5, 0.6) is 0 Å². The van der Waals surface area contributed by atoms with Crippen LogP contribution in [0.3, 0.4) is 0 Å². The van der Waals surface area contributed by atoms with E-state index in [2.05, 4.69) is 129 Å². The summed E-state index contributed by atoms with van der Waals surface area (Å²) >= 11 is 0. The first-order valence-corrected chi connectivity index (χ1v) is 20.2. The fourth-order valence-corrected chi connectivity index (χ4v) is 11.2. The van der Waals surface area contributed by atoms with E-state index in [1.807, 2.05) is 42.5 Å². The predicted octanol–water partition coefficient (Wildman–Crippen LogP) is 12.2. The van der Waals surface area contributed by atoms with Gasteiger partial charge < -0.3 is 0 Å². The summed E-state index contributed by atoms with van der Waals surface area (Å²) in [5.74, 6) is 4.17. The number of hydrogen-bond donors (Lipinski definition) is 0. The Kier molecular flexibility index (Phi) is 8.29. The molecule has 2 saturated carbocycles. The van der Waals surface area contributed by atoms with Gasteiger partial charge in [0.1, 0.15) is 0 Å². The van der Waals surface area contributed by atoms with E-state index in [0.29, 0.717) is 23.0 Å². The third-order valence-electron chi connectivity index (χ3n) is 13.0. The van der Waals surface area contributed by atoms with Gasteiger partial charge in [0, 0.05) is 16.7 Å². The monoisotopic (exact) mass is 724 g/mol. The van der Waals surface area contributed by atoms with E-state index in [9.17, 15) is 5.26 Å². The molecule has 2 bridgehead atoms. The molecule has 0 radical (unpaired) electrons. The minimum absolute atomic E-state index is 0.226. The third-order valence-corrected chi connectivity index (χ3v) is 13.0. The molecule has 1 heterocycles. The van der Waals surface area contributed by atoms with Crippen molar-refractivity contribution in [1.82, 2.24) is 15.0 Å². The maximum atomic E-state index is 10.2. The Hall–Kier alpha value is -6.18. The van der Waals surface area contributed by atoms with Gasteiger partial charge in [0.05, 0.1) is 17.0 Å². The van der Waals surface area contributed by atoms with Gasteiger partial charge in [-0.3, -0.25) is 0 Å². The van der Waals surface area contributed by atoms with Gasteiger partial charge in [-0.1, -0.05) is 153 Å². The number of hydrogen-bond acceptors (Lipinski definition) is 4. The largest absolute Gasteiger partial charge is 0.208 e. The van der Waals surface area contributed by atoms with Crippen LogP contribution in [-0.2, 0) is 10.8 Å². The average molecular weight is 725 g/mol. The van der Waals surface area contributed by atoms with Gasteiger partial charge in [0.2, 0.25) is 0 Å². The van der Waals surface area contributed by atoms with E-state index in [4.69, 9.17) is 15.0 Å². The topological polar surface area (TPSA) is 62.5 Å². The van der Waals surface area contributed by atoms with Crippen molar-refractivity contribution in [1.29, 1.82) is 5.26 Å². The molecule has 56 heavy (non-hydrogen) atoms. The standard InChI is InChI=1S/C52H44N4/c1-34-27-37-28-35(2)31-51(30-34,32-37)40-22-24-42(25-23-40)52(41-17-10-5-11-18-41)46-26-21-36(33-53)29-45(46)43-19-12-20-44(47(43)52)50-55-48(38-13-6-3-7-14-38)54-49(56-50)39-15-8-4-9-16-39/h3-26,29,34-35,37H,27-28,30-32H2,1-2H3/t34-,35+,37?,51?,52?. The second-order valence-corrected chi connectivity index (χ2v) is 16.8. The maximum Gasteiger partial charge on any atom is 0.164 e. The lowest BCUT2D eigenvalue weighted by Crippen LogP contribution is -2.42. The van der Waals surface area contributed by atoms with Crippen LogP contribution in [-0.4, -0.2) is 15.0 Å². The molecule has 272 valence electrons. The zero-order valence-electron chi connectivity index (χ0n) is 32.0. The van der Waals surface area contributed by atoms with Crippen LogP contribution in [0.2, 0.25) is 0 Å². The summed E-state index contributed by atoms with van der Waals surface area (Å²) in [6.07, 6.45) is 6.53. The SMILES string of the molecule is C[C@@H]1CC2C[C@H](C)CC(c3ccc(C4(c5ccccc5)c5ccc(C#N)cc5-c5cccc(-c6nc(-c7ccccc7)nc(-c7ccccc7)n6)c54)cc3)(C2)C1. The number of fused-ring (bicyclic) bond motifs is 5. The van der Waals surface area contributed by atoms with Gasteiger partial charge in [0.25, 0.3) is 0 Å². The molecule has 7 aromatic rings. The fourth-order valence-electron chi connectivity index (χ4n) is 11.2. The molecule has 6 aromatic carbocycles. The lowest BCUT2D eigenvalue weighted by atomic mass is 9.54. The van der Waals surface area contributed by atoms with Crippen molar-refractivity contribution >= 4 is 0 Å². The molecule has 3 unspecified atom stereocenters. The predicted molar refractivity (Wildman–Crippen MR) is 225 cm³/mol. The highest BCUT2D eigenvalue weighted by Gasteiger charge is 2.49. The Labute approximate surface area is 330 Å². The second kappa shape index (κ2) is 13.5. The zero-order chi connectivity index (χ0) is 37.9. The van der Waals surface area contributed by atoms with Crippen LogP contribution in [0.15, 0.2) is 152 Å². The van der Waals surface area contributed by atoms with Gasteiger partial charge in [-0.05, 0) is 106 Å². The van der Waals surface area contributed by atoms with Gasteiger partial charge in [-0.15, -0.1) is 0 Å². The van der Waals surface area contributed by atoms with Gasteiger partial charge in [-0.2, -0.15) is 5.26 Å². The number of rotatable bonds is 6. The summed E-state index contributed by atoms with van der Waals surface area (Å²) in [6, 6.07) is 56.2. The number of benzene rings is 6. The molecule has 0 aliphatic heterocycles. The first kappa shape index (κ1) is 34.3. The van der Waals surface area contributed by atoms with Crippen LogP contribution >= 0.6 is 0 Å². The molecular weight excluding hydrogens is 681 g/mol. The first-order chi connectivity index (χ1) is 27.4. The normalized spacial score (nSPS) is 23.5. The van der Waals surface area contributed by atoms with E-state index in [-0.39, 0.29) is 5.41 Å². The van der Waals surface area contributed by atoms with Crippen LogP contribution < -0.4 is 0 Å². The van der Waals surface area contributed by atoms with Crippen LogP contribution in [0, 0.1) is 29.1 Å². The van der Waals surface area contributed by atoms with E-state index < -0.39 is 5.41 Å². The molecular formula is C52H44N4. The van der Waals surface area contributed by atoms with E-state index >= 15 is 0 Å². The van der Waals surface area contributed by atoms with Crippen LogP contribution in [0.4, 0.5) is 0 Å². The van der Waals surface area contributed by atoms with Gasteiger partial charge in [-0.25, -0.2) is 15.0 Å². The molecule has 0 spiro atoms. The lowest BCUT2D eigenvalue weighted by molar-refractivity contribution is 0.0780. The minimum atomic E-state index is -0.707. The van der Waals surface area contributed by atoms with Gasteiger partial charge in [0.15, 0.2) is 17.5 Å². The summed E-state index contributed by atoms with van der Waals surface area (Å²) in [4.78, 5) is 15.6. The fraction of sp³-hybridized carbons (Fsp3) is 0.231. The third kappa shape index (κ3) is 5.52. The quantitative estimate of drug-likeness (QED) is 0.171. The Morgan fingerprint density at radius 1 is 0.518 bits per heavy atom. The molecule has 0 N–H and O–H groups in total. The molecule has 1 aromatic heterocycles. The van der Waals surface area contributed by atoms with Crippen molar-refractivity contribution in [3.63, 3.8) is 0 Å². The van der Waals surface area contributed by atoms with E-state index in [0.717, 1.165) is 56.7 Å². The summed E-state index contributed by atoms with van der Waals surface area (Å²) in [5.41, 5.74) is 11.3. The minimum Gasteiger partial charge on any atom is -0.208 e.